The second kappa shape index (κ2) is 5.23. The van der Waals surface area contributed by atoms with Crippen LogP contribution in [0.15, 0.2) is 48.5 Å². The van der Waals surface area contributed by atoms with Crippen molar-refractivity contribution in [3.05, 3.63) is 58.6 Å². The van der Waals surface area contributed by atoms with Gasteiger partial charge < -0.3 is 0 Å². The Labute approximate surface area is 108 Å². The largest absolute Gasteiger partial charge is 0.135 e. The van der Waals surface area contributed by atoms with Crippen molar-refractivity contribution >= 4 is 49.2 Å². The molecule has 0 aliphatic rings. The van der Waals surface area contributed by atoms with Gasteiger partial charge in [-0.2, -0.15) is 0 Å². The summed E-state index contributed by atoms with van der Waals surface area (Å²) in [4.78, 5) is 0. The van der Waals surface area contributed by atoms with Crippen molar-refractivity contribution in [2.75, 3.05) is 0 Å². The highest BCUT2D eigenvalue weighted by molar-refractivity contribution is 7.94. The summed E-state index contributed by atoms with van der Waals surface area (Å²) in [5.74, 6) is 0. The first-order chi connectivity index (χ1) is 7.66. The van der Waals surface area contributed by atoms with E-state index < -0.39 is 7.80 Å². The minimum atomic E-state index is -0.445. The molecule has 82 valence electrons. The molecular weight excluding hydrogens is 257 g/mol. The molecule has 0 spiro atoms. The summed E-state index contributed by atoms with van der Waals surface area (Å²) in [6.45, 7) is 0. The van der Waals surface area contributed by atoms with Crippen molar-refractivity contribution in [2.24, 2.45) is 0 Å². The smallest absolute Gasteiger partial charge is 0.105 e. The van der Waals surface area contributed by atoms with Gasteiger partial charge in [-0.1, -0.05) is 23.2 Å². The van der Waals surface area contributed by atoms with E-state index in [1.54, 1.807) is 0 Å². The quantitative estimate of drug-likeness (QED) is 0.580. The van der Waals surface area contributed by atoms with E-state index in [2.05, 4.69) is 24.3 Å². The van der Waals surface area contributed by atoms with Gasteiger partial charge in [0.25, 0.3) is 0 Å². The van der Waals surface area contributed by atoms with Crippen molar-refractivity contribution in [2.45, 2.75) is 0 Å². The summed E-state index contributed by atoms with van der Waals surface area (Å²) in [5, 5.41) is 4.57. The number of hydrogen-bond acceptors (Lipinski definition) is 0. The molecule has 0 aliphatic heterocycles. The molecule has 4 heteroatoms. The normalized spacial score (nSPS) is 10.8. The predicted molar refractivity (Wildman–Crippen MR) is 80.4 cm³/mol. The summed E-state index contributed by atoms with van der Waals surface area (Å²) >= 11 is 11.8. The van der Waals surface area contributed by atoms with Gasteiger partial charge in [0, 0.05) is 10.0 Å². The van der Waals surface area contributed by atoms with Crippen molar-refractivity contribution in [1.29, 1.82) is 0 Å². The van der Waals surface area contributed by atoms with Crippen LogP contribution in [-0.2, 0) is 0 Å². The highest BCUT2D eigenvalue weighted by atomic mass is 35.5. The summed E-state index contributed by atoms with van der Waals surface area (Å²) in [6.07, 6.45) is 0. The molecule has 0 heterocycles. The lowest BCUT2D eigenvalue weighted by Gasteiger charge is -2.10. The molecular formula is C12H12BCl2P. The molecule has 2 rings (SSSR count). The van der Waals surface area contributed by atoms with E-state index >= 15 is 0 Å². The zero-order valence-electron chi connectivity index (χ0n) is 7.87. The third-order valence-corrected chi connectivity index (χ3v) is 3.73. The van der Waals surface area contributed by atoms with E-state index in [0.29, 0.717) is 7.57 Å². The number of halogens is 2. The first-order valence-electron chi connectivity index (χ1n) is 4.52. The highest BCUT2D eigenvalue weighted by Crippen LogP contribution is 2.28. The van der Waals surface area contributed by atoms with E-state index in [9.17, 15) is 0 Å². The molecule has 0 aliphatic carbocycles. The van der Waals surface area contributed by atoms with Crippen LogP contribution in [0.5, 0.6) is 0 Å². The van der Waals surface area contributed by atoms with Gasteiger partial charge >= 0.3 is 0 Å². The fourth-order valence-corrected chi connectivity index (χ4v) is 2.49. The summed E-state index contributed by atoms with van der Waals surface area (Å²) in [5.41, 5.74) is 0. The Morgan fingerprint density at radius 2 is 1.00 bits per heavy atom. The molecule has 0 amide bonds. The van der Waals surface area contributed by atoms with Crippen LogP contribution in [0, 0.1) is 0 Å². The van der Waals surface area contributed by atoms with Crippen molar-refractivity contribution in [3.63, 3.8) is 0 Å². The molecule has 0 atom stereocenters. The average Bonchev–Trinajstić information content (AvgIpc) is 2.30. The van der Waals surface area contributed by atoms with Gasteiger partial charge in [0.05, 0.1) is 10.6 Å². The summed E-state index contributed by atoms with van der Waals surface area (Å²) in [6, 6.07) is 16.6. The van der Waals surface area contributed by atoms with Crippen molar-refractivity contribution < 1.29 is 0 Å². The van der Waals surface area contributed by atoms with Gasteiger partial charge in [0.2, 0.25) is 0 Å². The van der Waals surface area contributed by atoms with Gasteiger partial charge in [-0.25, -0.2) is 0 Å². The van der Waals surface area contributed by atoms with Crippen LogP contribution in [0.25, 0.3) is 0 Å². The molecule has 0 unspecified atom stereocenters. The highest BCUT2D eigenvalue weighted by Gasteiger charge is 2.09. The van der Waals surface area contributed by atoms with E-state index in [1.165, 1.54) is 10.6 Å². The molecule has 0 bridgehead atoms. The molecule has 0 radical (unpaired) electrons. The van der Waals surface area contributed by atoms with Crippen LogP contribution in [0.2, 0.25) is 10.0 Å². The third kappa shape index (κ3) is 2.80. The lowest BCUT2D eigenvalue weighted by Crippen LogP contribution is -2.10. The monoisotopic (exact) mass is 268 g/mol. The fourth-order valence-electron chi connectivity index (χ4n) is 1.23. The van der Waals surface area contributed by atoms with Crippen LogP contribution in [0.4, 0.5) is 0 Å². The van der Waals surface area contributed by atoms with E-state index in [0.717, 1.165) is 10.0 Å². The molecule has 0 nitrogen and oxygen atoms in total. The summed E-state index contributed by atoms with van der Waals surface area (Å²) in [7, 11) is -0.149. The molecule has 0 N–H and O–H groups in total. The Bertz CT molecular complexity index is 422. The topological polar surface area (TPSA) is 0 Å². The third-order valence-electron chi connectivity index (χ3n) is 1.98. The lowest BCUT2D eigenvalue weighted by molar-refractivity contribution is 1.75. The molecule has 0 saturated heterocycles. The van der Waals surface area contributed by atoms with Gasteiger partial charge in [-0.3, -0.25) is 0 Å². The number of rotatable bonds is 2. The van der Waals surface area contributed by atoms with Crippen molar-refractivity contribution in [1.82, 2.24) is 0 Å². The maximum absolute atomic E-state index is 5.90. The second-order valence-corrected chi connectivity index (χ2v) is 5.42. The Balaban J connectivity index is 2.28. The maximum atomic E-state index is 5.90. The molecule has 2 aromatic carbocycles. The van der Waals surface area contributed by atoms with Crippen LogP contribution >= 0.6 is 31.0 Å². The van der Waals surface area contributed by atoms with E-state index in [-0.39, 0.29) is 0 Å². The van der Waals surface area contributed by atoms with Gasteiger partial charge in [-0.05, 0) is 48.5 Å². The minimum absolute atomic E-state index is 0.296. The first-order valence-corrected chi connectivity index (χ1v) is 6.28. The SMILES string of the molecule is [BH3-][PH+](c1ccc(Cl)cc1)c1ccc(Cl)cc1. The Hall–Kier alpha value is -0.485. The van der Waals surface area contributed by atoms with Gasteiger partial charge in [0.15, 0.2) is 0 Å². The summed E-state index contributed by atoms with van der Waals surface area (Å²) < 4.78 is 0. The zero-order valence-corrected chi connectivity index (χ0v) is 10.4. The molecule has 0 saturated carbocycles. The zero-order chi connectivity index (χ0) is 11.5. The van der Waals surface area contributed by atoms with E-state index in [1.807, 2.05) is 24.3 Å². The van der Waals surface area contributed by atoms with Crippen molar-refractivity contribution in [3.8, 4) is 0 Å². The molecule has 0 fully saturated rings. The molecule has 16 heavy (non-hydrogen) atoms. The predicted octanol–water partition coefficient (Wildman–Crippen LogP) is 2.44. The number of hydrogen-bond donors (Lipinski definition) is 0. The Morgan fingerprint density at radius 1 is 0.688 bits per heavy atom. The van der Waals surface area contributed by atoms with Gasteiger partial charge in [0.1, 0.15) is 7.57 Å². The Morgan fingerprint density at radius 3 is 1.31 bits per heavy atom. The van der Waals surface area contributed by atoms with Crippen LogP contribution < -0.4 is 10.6 Å². The Kier molecular flexibility index (Phi) is 3.92. The van der Waals surface area contributed by atoms with Crippen LogP contribution in [0.1, 0.15) is 0 Å². The van der Waals surface area contributed by atoms with Crippen LogP contribution in [-0.4, -0.2) is 7.57 Å². The van der Waals surface area contributed by atoms with E-state index in [4.69, 9.17) is 23.2 Å². The fraction of sp³-hybridized carbons (Fsp3) is 0. The maximum Gasteiger partial charge on any atom is 0.135 e. The van der Waals surface area contributed by atoms with Crippen LogP contribution in [0.3, 0.4) is 0 Å². The average molecular weight is 269 g/mol. The lowest BCUT2D eigenvalue weighted by atomic mass is 10.4. The van der Waals surface area contributed by atoms with Gasteiger partial charge in [-0.15, -0.1) is 7.80 Å². The molecule has 0 aromatic heterocycles. The first kappa shape index (κ1) is 12.0. The standard InChI is InChI=1S/C12H12BCl2P/c13-16(11-5-1-9(14)2-6-11)12-7-3-10(15)4-8-12/h1-8,16H,13H3. The number of benzene rings is 2. The minimum Gasteiger partial charge on any atom is -0.105 e. The molecule has 2 aromatic rings. The second-order valence-electron chi connectivity index (χ2n) is 3.14.